The molecule has 1 heteroatoms. The predicted octanol–water partition coefficient (Wildman–Crippen LogP) is 4.78. The lowest BCUT2D eigenvalue weighted by molar-refractivity contribution is -0.139. The topological polar surface area (TPSA) is 20.2 Å². The summed E-state index contributed by atoms with van der Waals surface area (Å²) in [5.41, 5.74) is 1.14. The predicted molar refractivity (Wildman–Crippen MR) is 82.4 cm³/mol. The number of rotatable bonds is 0. The molecule has 7 atom stereocenters. The van der Waals surface area contributed by atoms with E-state index in [-0.39, 0.29) is 6.10 Å². The SMILES string of the molecule is CC12CCCC1C1CCC3C(O)CCCC3(C)C1CC2. The van der Waals surface area contributed by atoms with E-state index in [1.807, 2.05) is 0 Å². The van der Waals surface area contributed by atoms with Crippen LogP contribution in [0.15, 0.2) is 0 Å². The third-order valence-corrected chi connectivity index (χ3v) is 8.40. The van der Waals surface area contributed by atoms with Crippen LogP contribution in [0.3, 0.4) is 0 Å². The summed E-state index contributed by atoms with van der Waals surface area (Å²) >= 11 is 0. The fourth-order valence-electron chi connectivity index (χ4n) is 7.37. The Morgan fingerprint density at radius 1 is 0.750 bits per heavy atom. The molecule has 4 fully saturated rings. The standard InChI is InChI=1S/C19H32O/c1-18-10-3-5-14(18)13-7-8-16-17(20)6-4-11-19(16,2)15(13)9-12-18/h13-17,20H,3-12H2,1-2H3. The summed E-state index contributed by atoms with van der Waals surface area (Å²) in [5, 5.41) is 10.5. The molecular weight excluding hydrogens is 244 g/mol. The van der Waals surface area contributed by atoms with Crippen molar-refractivity contribution < 1.29 is 5.11 Å². The van der Waals surface area contributed by atoms with Crippen molar-refractivity contribution in [3.05, 3.63) is 0 Å². The van der Waals surface area contributed by atoms with Gasteiger partial charge in [-0.25, -0.2) is 0 Å². The number of aliphatic hydroxyl groups is 1. The molecule has 4 aliphatic carbocycles. The Morgan fingerprint density at radius 3 is 2.40 bits per heavy atom. The van der Waals surface area contributed by atoms with E-state index < -0.39 is 0 Å². The summed E-state index contributed by atoms with van der Waals surface area (Å²) in [6.45, 7) is 5.14. The van der Waals surface area contributed by atoms with Gasteiger partial charge in [0.25, 0.3) is 0 Å². The molecule has 0 aromatic rings. The lowest BCUT2D eigenvalue weighted by atomic mass is 9.45. The molecule has 1 N–H and O–H groups in total. The van der Waals surface area contributed by atoms with Crippen LogP contribution in [-0.2, 0) is 0 Å². The number of fused-ring (bicyclic) bond motifs is 5. The third kappa shape index (κ3) is 1.71. The first-order chi connectivity index (χ1) is 9.55. The molecule has 0 amide bonds. The molecule has 114 valence electrons. The zero-order valence-electron chi connectivity index (χ0n) is 13.4. The van der Waals surface area contributed by atoms with Crippen molar-refractivity contribution in [2.24, 2.45) is 34.5 Å². The number of hydrogen-bond acceptors (Lipinski definition) is 1. The van der Waals surface area contributed by atoms with Gasteiger partial charge in [-0.1, -0.05) is 26.7 Å². The summed E-state index contributed by atoms with van der Waals surface area (Å²) in [6.07, 6.45) is 13.9. The molecule has 0 aromatic carbocycles. The lowest BCUT2D eigenvalue weighted by Crippen LogP contribution is -2.54. The molecule has 0 radical (unpaired) electrons. The van der Waals surface area contributed by atoms with Gasteiger partial charge in [0.2, 0.25) is 0 Å². The van der Waals surface area contributed by atoms with E-state index in [0.717, 1.165) is 24.2 Å². The van der Waals surface area contributed by atoms with Gasteiger partial charge in [-0.2, -0.15) is 0 Å². The zero-order valence-corrected chi connectivity index (χ0v) is 13.4. The van der Waals surface area contributed by atoms with Gasteiger partial charge < -0.3 is 5.11 Å². The Labute approximate surface area is 124 Å². The van der Waals surface area contributed by atoms with E-state index in [1.165, 1.54) is 57.8 Å². The molecule has 4 aliphatic rings. The molecule has 0 saturated heterocycles. The minimum atomic E-state index is 0.00610. The monoisotopic (exact) mass is 276 g/mol. The van der Waals surface area contributed by atoms with Crippen LogP contribution >= 0.6 is 0 Å². The molecule has 0 aromatic heterocycles. The van der Waals surface area contributed by atoms with Crippen LogP contribution in [0.2, 0.25) is 0 Å². The first kappa shape index (κ1) is 13.6. The molecular formula is C19H32O. The highest BCUT2D eigenvalue weighted by Crippen LogP contribution is 2.66. The Kier molecular flexibility index (Phi) is 3.05. The van der Waals surface area contributed by atoms with Crippen molar-refractivity contribution in [2.45, 2.75) is 84.2 Å². The van der Waals surface area contributed by atoms with E-state index in [0.29, 0.717) is 16.7 Å². The van der Waals surface area contributed by atoms with Crippen LogP contribution in [0.5, 0.6) is 0 Å². The molecule has 0 bridgehead atoms. The van der Waals surface area contributed by atoms with Crippen molar-refractivity contribution in [3.8, 4) is 0 Å². The molecule has 0 heterocycles. The van der Waals surface area contributed by atoms with Crippen LogP contribution in [0.1, 0.15) is 78.1 Å². The molecule has 0 aliphatic heterocycles. The first-order valence-corrected chi connectivity index (χ1v) is 9.23. The van der Waals surface area contributed by atoms with Gasteiger partial charge in [-0.05, 0) is 85.9 Å². The van der Waals surface area contributed by atoms with Gasteiger partial charge >= 0.3 is 0 Å². The molecule has 4 rings (SSSR count). The van der Waals surface area contributed by atoms with E-state index in [4.69, 9.17) is 0 Å². The van der Waals surface area contributed by atoms with Crippen LogP contribution in [0, 0.1) is 34.5 Å². The van der Waals surface area contributed by atoms with Crippen LogP contribution in [0.25, 0.3) is 0 Å². The lowest BCUT2D eigenvalue weighted by Gasteiger charge is -2.60. The van der Waals surface area contributed by atoms with Crippen LogP contribution < -0.4 is 0 Å². The largest absolute Gasteiger partial charge is 0.393 e. The smallest absolute Gasteiger partial charge is 0.0573 e. The van der Waals surface area contributed by atoms with Crippen molar-refractivity contribution >= 4 is 0 Å². The molecule has 7 unspecified atom stereocenters. The van der Waals surface area contributed by atoms with Crippen molar-refractivity contribution in [1.82, 2.24) is 0 Å². The quantitative estimate of drug-likeness (QED) is 0.675. The van der Waals surface area contributed by atoms with E-state index >= 15 is 0 Å². The first-order valence-electron chi connectivity index (χ1n) is 9.23. The fourth-order valence-corrected chi connectivity index (χ4v) is 7.37. The Bertz CT molecular complexity index is 391. The van der Waals surface area contributed by atoms with Crippen molar-refractivity contribution in [2.75, 3.05) is 0 Å². The fraction of sp³-hybridized carbons (Fsp3) is 1.00. The van der Waals surface area contributed by atoms with E-state index in [2.05, 4.69) is 13.8 Å². The molecule has 4 saturated carbocycles. The maximum atomic E-state index is 10.5. The van der Waals surface area contributed by atoms with E-state index in [9.17, 15) is 5.11 Å². The van der Waals surface area contributed by atoms with Gasteiger partial charge in [0.1, 0.15) is 0 Å². The minimum absolute atomic E-state index is 0.00610. The highest BCUT2D eigenvalue weighted by molar-refractivity contribution is 5.07. The summed E-state index contributed by atoms with van der Waals surface area (Å²) in [4.78, 5) is 0. The van der Waals surface area contributed by atoms with Gasteiger partial charge in [-0.3, -0.25) is 0 Å². The molecule has 0 spiro atoms. The van der Waals surface area contributed by atoms with Crippen LogP contribution in [0.4, 0.5) is 0 Å². The molecule has 20 heavy (non-hydrogen) atoms. The summed E-state index contributed by atoms with van der Waals surface area (Å²) in [7, 11) is 0. The van der Waals surface area contributed by atoms with E-state index in [1.54, 1.807) is 0 Å². The van der Waals surface area contributed by atoms with Gasteiger partial charge in [0.15, 0.2) is 0 Å². The van der Waals surface area contributed by atoms with Crippen molar-refractivity contribution in [3.63, 3.8) is 0 Å². The highest BCUT2D eigenvalue weighted by atomic mass is 16.3. The maximum absolute atomic E-state index is 10.5. The Hall–Kier alpha value is -0.0400. The Balaban J connectivity index is 1.65. The summed E-state index contributed by atoms with van der Waals surface area (Å²) in [5.74, 6) is 3.54. The van der Waals surface area contributed by atoms with Gasteiger partial charge in [0.05, 0.1) is 6.10 Å². The van der Waals surface area contributed by atoms with Crippen molar-refractivity contribution in [1.29, 1.82) is 0 Å². The third-order valence-electron chi connectivity index (χ3n) is 8.40. The maximum Gasteiger partial charge on any atom is 0.0573 e. The normalized spacial score (nSPS) is 58.6. The zero-order chi connectivity index (χ0) is 14.0. The number of hydrogen-bond donors (Lipinski definition) is 1. The second kappa shape index (κ2) is 4.48. The Morgan fingerprint density at radius 2 is 1.55 bits per heavy atom. The number of aliphatic hydroxyl groups excluding tert-OH is 1. The summed E-state index contributed by atoms with van der Waals surface area (Å²) < 4.78 is 0. The van der Waals surface area contributed by atoms with Gasteiger partial charge in [0, 0.05) is 0 Å². The second-order valence-corrected chi connectivity index (χ2v) is 9.11. The highest BCUT2D eigenvalue weighted by Gasteiger charge is 2.58. The average Bonchev–Trinajstić information content (AvgIpc) is 2.80. The van der Waals surface area contributed by atoms with Gasteiger partial charge in [-0.15, -0.1) is 0 Å². The summed E-state index contributed by atoms with van der Waals surface area (Å²) in [6, 6.07) is 0. The second-order valence-electron chi connectivity index (χ2n) is 9.11. The average molecular weight is 276 g/mol. The van der Waals surface area contributed by atoms with Crippen LogP contribution in [-0.4, -0.2) is 11.2 Å². The minimum Gasteiger partial charge on any atom is -0.393 e. The molecule has 1 nitrogen and oxygen atoms in total.